The number of benzene rings is 2. The quantitative estimate of drug-likeness (QED) is 0.123. The molecule has 3 aliphatic heterocycles. The number of sulfonamides is 1. The molecular formula is C51H63N7O9S2. The highest BCUT2D eigenvalue weighted by Gasteiger charge is 2.62. The van der Waals surface area contributed by atoms with E-state index in [0.717, 1.165) is 40.9 Å². The maximum atomic E-state index is 15.3. The zero-order chi connectivity index (χ0) is 48.7. The minimum atomic E-state index is -3.98. The maximum Gasteiger partial charge on any atom is 0.322 e. The van der Waals surface area contributed by atoms with E-state index in [1.54, 1.807) is 36.0 Å². The molecule has 5 aliphatic rings. The summed E-state index contributed by atoms with van der Waals surface area (Å²) in [6, 6.07) is 10.9. The number of pyridine rings is 1. The smallest absolute Gasteiger partial charge is 0.322 e. The Labute approximate surface area is 408 Å². The fourth-order valence-electron chi connectivity index (χ4n) is 9.80. The molecule has 368 valence electrons. The SMILES string of the molecule is COc1ccc2c(O[C@@H]3C[C@H]4C(=O)C[C@]5(C(=O)NS(=O)(=O)C6(C)CC6)C[C@@H]5/C=C\CCCCC[C@H](Nc5cccc(NC(=O)N6CCOCC6)c5)C(=O)N4C3)cc(-c3nc(C(C)C)cs3)nc2c1C. The first-order chi connectivity index (χ1) is 33.1. The van der Waals surface area contributed by atoms with Crippen molar-refractivity contribution < 1.29 is 41.8 Å². The van der Waals surface area contributed by atoms with E-state index in [-0.39, 0.29) is 48.9 Å². The van der Waals surface area contributed by atoms with Gasteiger partial charge in [-0.1, -0.05) is 44.9 Å². The van der Waals surface area contributed by atoms with Gasteiger partial charge in [-0.25, -0.2) is 23.2 Å². The number of fused-ring (bicyclic) bond motifs is 3. The topological polar surface area (TPSA) is 198 Å². The summed E-state index contributed by atoms with van der Waals surface area (Å²) in [6.45, 7) is 9.73. The Kier molecular flexibility index (Phi) is 13.8. The van der Waals surface area contributed by atoms with Gasteiger partial charge in [-0.05, 0) is 94.5 Å². The number of nitrogens with one attached hydrogen (secondary N) is 3. The largest absolute Gasteiger partial charge is 0.496 e. The van der Waals surface area contributed by atoms with Gasteiger partial charge in [-0.15, -0.1) is 11.3 Å². The Balaban J connectivity index is 1.05. The Morgan fingerprint density at radius 2 is 1.78 bits per heavy atom. The van der Waals surface area contributed by atoms with Crippen LogP contribution in [0, 0.1) is 18.3 Å². The van der Waals surface area contributed by atoms with Crippen LogP contribution in [0.25, 0.3) is 21.6 Å². The lowest BCUT2D eigenvalue weighted by Gasteiger charge is -2.30. The molecule has 9 rings (SSSR count). The number of carbonyl (C=O) groups excluding carboxylic acids is 4. The average molecular weight is 982 g/mol. The first kappa shape index (κ1) is 48.4. The molecule has 4 amide bonds. The third-order valence-electron chi connectivity index (χ3n) is 14.6. The van der Waals surface area contributed by atoms with Gasteiger partial charge in [0.1, 0.15) is 34.3 Å². The molecule has 5 atom stereocenters. The van der Waals surface area contributed by atoms with Crippen LogP contribution in [0.1, 0.15) is 102 Å². The van der Waals surface area contributed by atoms with Crippen LogP contribution in [0.15, 0.2) is 60.0 Å². The average Bonchev–Trinajstić information content (AvgIpc) is 4.10. The van der Waals surface area contributed by atoms with Gasteiger partial charge in [0.2, 0.25) is 21.8 Å². The standard InChI is InChI=1S/C51H63N7O9S2/c1-31(2)40-30-68-46(55-40)39-26-44(37-16-17-43(65-5)32(3)45(37)54-39)67-36-25-41-42(59)28-51(48(61)56-69(63,64)50(4)18-19-50)27-33(51)12-9-7-6-8-10-15-38(47(60)58(41)29-36)52-34-13-11-14-35(24-34)53-49(62)57-20-22-66-23-21-57/h9,11-14,16-17,24,26,30-31,33,36,38,41,52H,6-8,10,15,18-23,25,27-29H2,1-5H3,(H,53,62)(H,56,61)/b12-9-/t33-,36+,38-,41-,51+/m0/s1. The lowest BCUT2D eigenvalue weighted by Crippen LogP contribution is -2.49. The van der Waals surface area contributed by atoms with E-state index in [9.17, 15) is 18.0 Å². The van der Waals surface area contributed by atoms with Gasteiger partial charge in [0, 0.05) is 59.7 Å². The second-order valence-electron chi connectivity index (χ2n) is 19.9. The van der Waals surface area contributed by atoms with Gasteiger partial charge in [-0.2, -0.15) is 0 Å². The monoisotopic (exact) mass is 981 g/mol. The van der Waals surface area contributed by atoms with Crippen LogP contribution in [0.5, 0.6) is 11.5 Å². The second kappa shape index (κ2) is 19.7. The number of morpholine rings is 1. The highest BCUT2D eigenvalue weighted by molar-refractivity contribution is 7.91. The molecule has 2 saturated heterocycles. The molecule has 0 radical (unpaired) electrons. The molecule has 18 heteroatoms. The van der Waals surface area contributed by atoms with Crippen LogP contribution in [-0.4, -0.2) is 115 Å². The van der Waals surface area contributed by atoms with Crippen LogP contribution in [-0.2, 0) is 29.1 Å². The van der Waals surface area contributed by atoms with Crippen molar-refractivity contribution in [3.8, 4) is 22.2 Å². The fraction of sp³-hybridized carbons (Fsp3) is 0.529. The zero-order valence-corrected chi connectivity index (χ0v) is 41.7. The van der Waals surface area contributed by atoms with E-state index < -0.39 is 44.3 Å². The highest BCUT2D eigenvalue weighted by Crippen LogP contribution is 2.58. The van der Waals surface area contributed by atoms with E-state index in [1.807, 2.05) is 54.8 Å². The molecule has 0 spiro atoms. The number of carbonyl (C=O) groups is 4. The van der Waals surface area contributed by atoms with Crippen molar-refractivity contribution in [3.63, 3.8) is 0 Å². The number of hydrogen-bond acceptors (Lipinski definition) is 13. The minimum absolute atomic E-state index is 0.0708. The lowest BCUT2D eigenvalue weighted by molar-refractivity contribution is -0.139. The number of aryl methyl sites for hydroxylation is 1. The maximum absolute atomic E-state index is 15.3. The van der Waals surface area contributed by atoms with E-state index in [4.69, 9.17) is 24.2 Å². The number of amides is 4. The number of allylic oxidation sites excluding steroid dienone is 2. The Morgan fingerprint density at radius 1 is 1.00 bits per heavy atom. The number of nitrogens with zero attached hydrogens (tertiary/aromatic N) is 4. The zero-order valence-electron chi connectivity index (χ0n) is 40.0. The summed E-state index contributed by atoms with van der Waals surface area (Å²) in [4.78, 5) is 71.0. The summed E-state index contributed by atoms with van der Waals surface area (Å²) in [5.41, 5.74) is 2.96. The summed E-state index contributed by atoms with van der Waals surface area (Å²) < 4.78 is 46.3. The first-order valence-electron chi connectivity index (χ1n) is 24.3. The molecule has 0 unspecified atom stereocenters. The Hall–Kier alpha value is -5.59. The predicted octanol–water partition coefficient (Wildman–Crippen LogP) is 7.98. The molecule has 4 aromatic rings. The number of aromatic nitrogens is 2. The van der Waals surface area contributed by atoms with E-state index >= 15 is 9.59 Å². The van der Waals surface area contributed by atoms with Crippen molar-refractivity contribution in [2.75, 3.05) is 50.6 Å². The lowest BCUT2D eigenvalue weighted by atomic mass is 9.91. The van der Waals surface area contributed by atoms with Gasteiger partial charge in [0.25, 0.3) is 0 Å². The van der Waals surface area contributed by atoms with Crippen LogP contribution >= 0.6 is 11.3 Å². The van der Waals surface area contributed by atoms with E-state index in [2.05, 4.69) is 29.2 Å². The molecule has 4 fully saturated rings. The second-order valence-corrected chi connectivity index (χ2v) is 22.9. The van der Waals surface area contributed by atoms with Crippen molar-refractivity contribution in [2.45, 2.75) is 121 Å². The number of anilines is 2. The van der Waals surface area contributed by atoms with Gasteiger partial charge in [0.15, 0.2) is 5.78 Å². The summed E-state index contributed by atoms with van der Waals surface area (Å²) in [7, 11) is -2.37. The number of hydrogen-bond donors (Lipinski definition) is 3. The summed E-state index contributed by atoms with van der Waals surface area (Å²) >= 11 is 1.50. The summed E-state index contributed by atoms with van der Waals surface area (Å²) in [5.74, 6) is -0.234. The van der Waals surface area contributed by atoms with Crippen LogP contribution < -0.4 is 24.8 Å². The predicted molar refractivity (Wildman–Crippen MR) is 265 cm³/mol. The molecular weight excluding hydrogens is 919 g/mol. The molecule has 16 nitrogen and oxygen atoms in total. The van der Waals surface area contributed by atoms with Crippen molar-refractivity contribution in [3.05, 3.63) is 71.3 Å². The highest BCUT2D eigenvalue weighted by atomic mass is 32.2. The van der Waals surface area contributed by atoms with E-state index in [1.165, 1.54) is 11.3 Å². The number of thiazole rings is 1. The van der Waals surface area contributed by atoms with Crippen LogP contribution in [0.2, 0.25) is 0 Å². The molecule has 2 aromatic carbocycles. The molecule has 0 bridgehead atoms. The van der Waals surface area contributed by atoms with Crippen LogP contribution in [0.3, 0.4) is 0 Å². The van der Waals surface area contributed by atoms with Crippen molar-refractivity contribution in [1.29, 1.82) is 0 Å². The molecule has 3 N–H and O–H groups in total. The number of rotatable bonds is 11. The fourth-order valence-corrected chi connectivity index (χ4v) is 12.1. The number of urea groups is 1. The van der Waals surface area contributed by atoms with Crippen molar-refractivity contribution in [2.24, 2.45) is 11.3 Å². The Bertz CT molecular complexity index is 2770. The number of methoxy groups -OCH3 is 1. The van der Waals surface area contributed by atoms with Gasteiger partial charge in [0.05, 0.1) is 54.3 Å². The summed E-state index contributed by atoms with van der Waals surface area (Å²) in [5, 5.41) is 9.94. The van der Waals surface area contributed by atoms with Gasteiger partial charge in [-0.3, -0.25) is 19.1 Å². The van der Waals surface area contributed by atoms with Gasteiger partial charge < -0.3 is 34.6 Å². The Morgan fingerprint density at radius 3 is 2.52 bits per heavy atom. The molecule has 5 heterocycles. The van der Waals surface area contributed by atoms with Crippen molar-refractivity contribution in [1.82, 2.24) is 24.5 Å². The number of ketones is 1. The van der Waals surface area contributed by atoms with Crippen LogP contribution in [0.4, 0.5) is 16.2 Å². The molecule has 69 heavy (non-hydrogen) atoms. The van der Waals surface area contributed by atoms with Gasteiger partial charge >= 0.3 is 6.03 Å². The molecule has 2 aliphatic carbocycles. The number of ether oxygens (including phenoxy) is 3. The third kappa shape index (κ3) is 10.2. The first-order valence-corrected chi connectivity index (χ1v) is 26.6. The normalized spacial score (nSPS) is 25.5. The number of Topliss-reactive ketones (excluding diaryl/α,β-unsaturated/α-hetero) is 1. The molecule has 2 saturated carbocycles. The third-order valence-corrected chi connectivity index (χ3v) is 17.6. The summed E-state index contributed by atoms with van der Waals surface area (Å²) in [6.07, 6.45) is 8.06. The van der Waals surface area contributed by atoms with E-state index in [0.29, 0.717) is 92.5 Å². The minimum Gasteiger partial charge on any atom is -0.496 e. The van der Waals surface area contributed by atoms with Crippen molar-refractivity contribution >= 4 is 67.3 Å². The molecule has 2 aromatic heterocycles.